The Morgan fingerprint density at radius 3 is 2.78 bits per heavy atom. The topological polar surface area (TPSA) is 107 Å². The molecule has 0 aliphatic rings. The lowest BCUT2D eigenvalue weighted by atomic mass is 10.2. The number of nitrogens with zero attached hydrogens (tertiary/aromatic N) is 3. The molecule has 1 heterocycles. The number of hydrogen-bond acceptors (Lipinski definition) is 6. The molecule has 1 aromatic heterocycles. The lowest BCUT2D eigenvalue weighted by Gasteiger charge is -2.05. The van der Waals surface area contributed by atoms with Crippen molar-refractivity contribution in [2.75, 3.05) is 5.43 Å². The molecule has 0 bridgehead atoms. The highest BCUT2D eigenvalue weighted by atomic mass is 16.6. The monoisotopic (exact) mass is 245 g/mol. The summed E-state index contributed by atoms with van der Waals surface area (Å²) in [5, 5.41) is 10.7. The van der Waals surface area contributed by atoms with Crippen molar-refractivity contribution in [2.24, 2.45) is 5.84 Å². The summed E-state index contributed by atoms with van der Waals surface area (Å²) in [6.07, 6.45) is 0. The van der Waals surface area contributed by atoms with Crippen LogP contribution in [0.3, 0.4) is 0 Å². The fourth-order valence-electron chi connectivity index (χ4n) is 1.53. The molecular formula is C11H11N5O2. The number of hydrazine groups is 1. The van der Waals surface area contributed by atoms with E-state index in [0.29, 0.717) is 17.2 Å². The van der Waals surface area contributed by atoms with E-state index in [1.807, 2.05) is 0 Å². The van der Waals surface area contributed by atoms with Crippen LogP contribution in [0.2, 0.25) is 0 Å². The molecule has 3 N–H and O–H groups in total. The van der Waals surface area contributed by atoms with Crippen LogP contribution >= 0.6 is 0 Å². The van der Waals surface area contributed by atoms with Crippen LogP contribution in [0.15, 0.2) is 30.3 Å². The van der Waals surface area contributed by atoms with Gasteiger partial charge in [-0.1, -0.05) is 12.1 Å². The zero-order valence-corrected chi connectivity index (χ0v) is 9.62. The molecule has 92 valence electrons. The molecule has 2 aromatic rings. The molecule has 0 radical (unpaired) electrons. The van der Waals surface area contributed by atoms with Crippen molar-refractivity contribution in [3.05, 3.63) is 46.1 Å². The molecule has 0 aliphatic heterocycles. The molecular weight excluding hydrogens is 234 g/mol. The zero-order valence-electron chi connectivity index (χ0n) is 9.62. The number of benzene rings is 1. The molecule has 0 aliphatic carbocycles. The second kappa shape index (κ2) is 4.76. The van der Waals surface area contributed by atoms with Crippen LogP contribution in [0, 0.1) is 17.0 Å². The fraction of sp³-hybridized carbons (Fsp3) is 0.0909. The van der Waals surface area contributed by atoms with E-state index in [2.05, 4.69) is 15.4 Å². The fourth-order valence-corrected chi connectivity index (χ4v) is 1.53. The van der Waals surface area contributed by atoms with E-state index in [-0.39, 0.29) is 5.69 Å². The first-order valence-electron chi connectivity index (χ1n) is 5.17. The number of aromatic nitrogens is 2. The second-order valence-electron chi connectivity index (χ2n) is 3.67. The maximum Gasteiger partial charge on any atom is 0.270 e. The van der Waals surface area contributed by atoms with Gasteiger partial charge < -0.3 is 5.43 Å². The van der Waals surface area contributed by atoms with Gasteiger partial charge in [0.1, 0.15) is 5.82 Å². The molecule has 0 unspecified atom stereocenters. The predicted octanol–water partition coefficient (Wildman–Crippen LogP) is 1.65. The lowest BCUT2D eigenvalue weighted by Crippen LogP contribution is -2.10. The smallest absolute Gasteiger partial charge is 0.270 e. The summed E-state index contributed by atoms with van der Waals surface area (Å²) in [5.74, 6) is 6.15. The molecule has 0 fully saturated rings. The second-order valence-corrected chi connectivity index (χ2v) is 3.67. The molecule has 7 heteroatoms. The van der Waals surface area contributed by atoms with Crippen LogP contribution in [-0.2, 0) is 0 Å². The lowest BCUT2D eigenvalue weighted by molar-refractivity contribution is -0.384. The Labute approximate surface area is 103 Å². The highest BCUT2D eigenvalue weighted by Crippen LogP contribution is 2.22. The molecule has 0 saturated carbocycles. The molecule has 2 rings (SSSR count). The minimum absolute atomic E-state index is 0.000126. The van der Waals surface area contributed by atoms with Gasteiger partial charge in [-0.05, 0) is 6.92 Å². The number of nitro groups is 1. The van der Waals surface area contributed by atoms with E-state index in [1.54, 1.807) is 25.1 Å². The van der Waals surface area contributed by atoms with Gasteiger partial charge in [-0.15, -0.1) is 0 Å². The van der Waals surface area contributed by atoms with Gasteiger partial charge in [0.15, 0.2) is 5.82 Å². The van der Waals surface area contributed by atoms with E-state index in [4.69, 9.17) is 5.84 Å². The van der Waals surface area contributed by atoms with Crippen LogP contribution in [0.1, 0.15) is 5.69 Å². The van der Waals surface area contributed by atoms with Crippen LogP contribution in [-0.4, -0.2) is 14.9 Å². The first-order chi connectivity index (χ1) is 8.60. The van der Waals surface area contributed by atoms with E-state index < -0.39 is 4.92 Å². The number of nitrogens with one attached hydrogen (secondary N) is 1. The summed E-state index contributed by atoms with van der Waals surface area (Å²) in [6, 6.07) is 7.83. The average Bonchev–Trinajstić information content (AvgIpc) is 2.38. The van der Waals surface area contributed by atoms with Gasteiger partial charge in [0.05, 0.1) is 4.92 Å². The third-order valence-electron chi connectivity index (χ3n) is 2.32. The van der Waals surface area contributed by atoms with Crippen LogP contribution in [0.5, 0.6) is 0 Å². The van der Waals surface area contributed by atoms with Crippen molar-refractivity contribution in [1.29, 1.82) is 0 Å². The van der Waals surface area contributed by atoms with Gasteiger partial charge in [-0.2, -0.15) is 0 Å². The highest BCUT2D eigenvalue weighted by molar-refractivity contribution is 5.60. The highest BCUT2D eigenvalue weighted by Gasteiger charge is 2.10. The number of nitro benzene ring substituents is 1. The summed E-state index contributed by atoms with van der Waals surface area (Å²) in [7, 11) is 0. The van der Waals surface area contributed by atoms with E-state index in [1.165, 1.54) is 12.1 Å². The number of nitrogen functional groups attached to an aromatic ring is 1. The number of hydrogen-bond donors (Lipinski definition) is 2. The van der Waals surface area contributed by atoms with E-state index >= 15 is 0 Å². The number of anilines is 1. The predicted molar refractivity (Wildman–Crippen MR) is 66.7 cm³/mol. The number of nitrogens with two attached hydrogens (primary N) is 1. The Hall–Kier alpha value is -2.54. The summed E-state index contributed by atoms with van der Waals surface area (Å²) in [4.78, 5) is 18.6. The quantitative estimate of drug-likeness (QED) is 0.483. The summed E-state index contributed by atoms with van der Waals surface area (Å²) in [5.41, 5.74) is 3.73. The average molecular weight is 245 g/mol. The Morgan fingerprint density at radius 1 is 1.33 bits per heavy atom. The Bertz CT molecular complexity index is 600. The number of aryl methyl sites for hydroxylation is 1. The number of rotatable bonds is 3. The van der Waals surface area contributed by atoms with Crippen molar-refractivity contribution in [3.63, 3.8) is 0 Å². The molecule has 0 amide bonds. The van der Waals surface area contributed by atoms with Crippen molar-refractivity contribution in [2.45, 2.75) is 6.92 Å². The third kappa shape index (κ3) is 2.41. The van der Waals surface area contributed by atoms with Crippen LogP contribution < -0.4 is 11.3 Å². The van der Waals surface area contributed by atoms with Crippen LogP contribution in [0.4, 0.5) is 11.5 Å². The summed E-state index contributed by atoms with van der Waals surface area (Å²) in [6.45, 7) is 1.80. The van der Waals surface area contributed by atoms with Gasteiger partial charge in [0.25, 0.3) is 5.69 Å². The first kappa shape index (κ1) is 11.9. The SMILES string of the molecule is Cc1cc(NN)nc(-c2cccc([N+](=O)[O-])c2)n1. The maximum atomic E-state index is 10.7. The largest absolute Gasteiger partial charge is 0.308 e. The Kier molecular flexibility index (Phi) is 3.16. The van der Waals surface area contributed by atoms with Gasteiger partial charge in [0, 0.05) is 29.5 Å². The molecule has 0 spiro atoms. The van der Waals surface area contributed by atoms with Gasteiger partial charge in [-0.25, -0.2) is 15.8 Å². The minimum atomic E-state index is -0.457. The molecule has 18 heavy (non-hydrogen) atoms. The van der Waals surface area contributed by atoms with Crippen LogP contribution in [0.25, 0.3) is 11.4 Å². The van der Waals surface area contributed by atoms with Crippen molar-refractivity contribution < 1.29 is 4.92 Å². The summed E-state index contributed by atoms with van der Waals surface area (Å²) < 4.78 is 0. The van der Waals surface area contributed by atoms with Gasteiger partial charge in [-0.3, -0.25) is 10.1 Å². The zero-order chi connectivity index (χ0) is 13.1. The summed E-state index contributed by atoms with van der Waals surface area (Å²) >= 11 is 0. The van der Waals surface area contributed by atoms with E-state index in [0.717, 1.165) is 5.69 Å². The maximum absolute atomic E-state index is 10.7. The van der Waals surface area contributed by atoms with Gasteiger partial charge >= 0.3 is 0 Å². The van der Waals surface area contributed by atoms with E-state index in [9.17, 15) is 10.1 Å². The Morgan fingerprint density at radius 2 is 2.11 bits per heavy atom. The Balaban J connectivity index is 2.51. The molecule has 1 aromatic carbocycles. The third-order valence-corrected chi connectivity index (χ3v) is 2.32. The minimum Gasteiger partial charge on any atom is -0.308 e. The van der Waals surface area contributed by atoms with Gasteiger partial charge in [0.2, 0.25) is 0 Å². The van der Waals surface area contributed by atoms with Crippen molar-refractivity contribution in [1.82, 2.24) is 9.97 Å². The molecule has 0 saturated heterocycles. The number of non-ortho nitro benzene ring substituents is 1. The molecule has 7 nitrogen and oxygen atoms in total. The van der Waals surface area contributed by atoms with Crippen molar-refractivity contribution >= 4 is 11.5 Å². The first-order valence-corrected chi connectivity index (χ1v) is 5.17. The standard InChI is InChI=1S/C11H11N5O2/c1-7-5-10(15-12)14-11(13-7)8-3-2-4-9(6-8)16(17)18/h2-6H,12H2,1H3,(H,13,14,15). The van der Waals surface area contributed by atoms with Crippen molar-refractivity contribution in [3.8, 4) is 11.4 Å². The molecule has 0 atom stereocenters. The normalized spacial score (nSPS) is 10.1.